The van der Waals surface area contributed by atoms with Crippen molar-refractivity contribution in [3.8, 4) is 0 Å². The van der Waals surface area contributed by atoms with Gasteiger partial charge in [-0.3, -0.25) is 4.40 Å². The maximum Gasteiger partial charge on any atom is 0.358 e. The van der Waals surface area contributed by atoms with Gasteiger partial charge in [-0.15, -0.1) is 0 Å². The molecule has 0 saturated carbocycles. The van der Waals surface area contributed by atoms with E-state index < -0.39 is 5.97 Å². The van der Waals surface area contributed by atoms with Crippen LogP contribution in [0.5, 0.6) is 0 Å². The highest BCUT2D eigenvalue weighted by Crippen LogP contribution is 2.18. The normalized spacial score (nSPS) is 10.7. The Kier molecular flexibility index (Phi) is 2.05. The molecule has 0 aliphatic rings. The molecule has 0 radical (unpaired) electrons. The monoisotopic (exact) mass is 231 g/mol. The molecule has 0 fully saturated rings. The number of fused-ring (bicyclic) bond motifs is 1. The maximum absolute atomic E-state index is 10.7. The number of nitrogens with zero attached hydrogens (tertiary/aromatic N) is 3. The number of hydrogen-bond donors (Lipinski definition) is 1. The summed E-state index contributed by atoms with van der Waals surface area (Å²) < 4.78 is 1.34. The van der Waals surface area contributed by atoms with Gasteiger partial charge in [-0.05, 0) is 0 Å². The first-order valence-corrected chi connectivity index (χ1v) is 4.27. The zero-order chi connectivity index (χ0) is 10.3. The summed E-state index contributed by atoms with van der Waals surface area (Å²) in [5, 5.41) is 9.15. The standard InChI is InChI=1S/C7H3Cl2N3O2/c8-3-1-4(9)12-2-10-5(7(13)14)6(12)11-3/h1-2H,(H,13,14). The van der Waals surface area contributed by atoms with Gasteiger partial charge < -0.3 is 5.11 Å². The lowest BCUT2D eigenvalue weighted by atomic mass is 10.4. The molecule has 2 aromatic rings. The van der Waals surface area contributed by atoms with E-state index in [1.807, 2.05) is 0 Å². The van der Waals surface area contributed by atoms with Crippen LogP contribution in [0.1, 0.15) is 10.5 Å². The molecule has 2 aromatic heterocycles. The molecular formula is C7H3Cl2N3O2. The molecule has 0 bridgehead atoms. The first-order chi connectivity index (χ1) is 6.59. The smallest absolute Gasteiger partial charge is 0.358 e. The maximum atomic E-state index is 10.7. The van der Waals surface area contributed by atoms with Gasteiger partial charge in [0.15, 0.2) is 11.3 Å². The second-order valence-corrected chi connectivity index (χ2v) is 3.27. The fraction of sp³-hybridized carbons (Fsp3) is 0. The van der Waals surface area contributed by atoms with Crippen LogP contribution in [0.4, 0.5) is 0 Å². The second-order valence-electron chi connectivity index (χ2n) is 2.49. The van der Waals surface area contributed by atoms with Gasteiger partial charge in [-0.2, -0.15) is 0 Å². The molecule has 0 spiro atoms. The van der Waals surface area contributed by atoms with Gasteiger partial charge in [-0.1, -0.05) is 23.2 Å². The Morgan fingerprint density at radius 1 is 1.50 bits per heavy atom. The van der Waals surface area contributed by atoms with Gasteiger partial charge in [0.25, 0.3) is 0 Å². The van der Waals surface area contributed by atoms with E-state index in [1.54, 1.807) is 0 Å². The summed E-state index contributed by atoms with van der Waals surface area (Å²) in [6.07, 6.45) is 1.28. The highest BCUT2D eigenvalue weighted by molar-refractivity contribution is 6.33. The lowest BCUT2D eigenvalue weighted by molar-refractivity contribution is 0.0693. The minimum atomic E-state index is -1.17. The van der Waals surface area contributed by atoms with Crippen molar-refractivity contribution >= 4 is 34.8 Å². The molecule has 72 valence electrons. The fourth-order valence-corrected chi connectivity index (χ4v) is 1.52. The molecule has 14 heavy (non-hydrogen) atoms. The van der Waals surface area contributed by atoms with E-state index in [0.717, 1.165) is 0 Å². The topological polar surface area (TPSA) is 67.5 Å². The van der Waals surface area contributed by atoms with Crippen molar-refractivity contribution in [2.45, 2.75) is 0 Å². The number of aromatic carboxylic acids is 1. The van der Waals surface area contributed by atoms with Crippen molar-refractivity contribution < 1.29 is 9.90 Å². The van der Waals surface area contributed by atoms with Crippen molar-refractivity contribution in [3.05, 3.63) is 28.4 Å². The molecule has 0 unspecified atom stereocenters. The fourth-order valence-electron chi connectivity index (χ4n) is 1.06. The Hall–Kier alpha value is -1.33. The number of halogens is 2. The van der Waals surface area contributed by atoms with E-state index in [-0.39, 0.29) is 21.6 Å². The molecule has 0 atom stereocenters. The second kappa shape index (κ2) is 3.11. The Morgan fingerprint density at radius 3 is 2.86 bits per heavy atom. The van der Waals surface area contributed by atoms with E-state index in [9.17, 15) is 4.79 Å². The molecule has 0 amide bonds. The Labute approximate surface area is 87.9 Å². The van der Waals surface area contributed by atoms with Crippen molar-refractivity contribution in [1.82, 2.24) is 14.4 Å². The molecule has 0 saturated heterocycles. The van der Waals surface area contributed by atoms with Crippen LogP contribution in [-0.4, -0.2) is 25.4 Å². The van der Waals surface area contributed by atoms with Crippen LogP contribution in [0, 0.1) is 0 Å². The summed E-state index contributed by atoms with van der Waals surface area (Å²) in [6.45, 7) is 0. The lowest BCUT2D eigenvalue weighted by Gasteiger charge is -1.97. The Morgan fingerprint density at radius 2 is 2.21 bits per heavy atom. The predicted octanol–water partition coefficient (Wildman–Crippen LogP) is 1.73. The quantitative estimate of drug-likeness (QED) is 0.760. The van der Waals surface area contributed by atoms with Crippen molar-refractivity contribution in [2.24, 2.45) is 0 Å². The summed E-state index contributed by atoms with van der Waals surface area (Å²) in [6, 6.07) is 1.41. The summed E-state index contributed by atoms with van der Waals surface area (Å²) in [7, 11) is 0. The average Bonchev–Trinajstić information content (AvgIpc) is 2.47. The number of hydrogen-bond acceptors (Lipinski definition) is 3. The van der Waals surface area contributed by atoms with Gasteiger partial charge in [0.1, 0.15) is 16.6 Å². The third kappa shape index (κ3) is 1.30. The molecule has 7 heteroatoms. The van der Waals surface area contributed by atoms with Crippen molar-refractivity contribution in [2.75, 3.05) is 0 Å². The molecule has 0 aliphatic carbocycles. The van der Waals surface area contributed by atoms with Crippen molar-refractivity contribution in [1.29, 1.82) is 0 Å². The zero-order valence-electron chi connectivity index (χ0n) is 6.61. The van der Waals surface area contributed by atoms with Gasteiger partial charge in [0.05, 0.1) is 0 Å². The lowest BCUT2D eigenvalue weighted by Crippen LogP contribution is -1.99. The third-order valence-electron chi connectivity index (χ3n) is 1.63. The van der Waals surface area contributed by atoms with E-state index in [0.29, 0.717) is 0 Å². The molecule has 0 aromatic carbocycles. The molecule has 5 nitrogen and oxygen atoms in total. The van der Waals surface area contributed by atoms with Crippen LogP contribution in [0.2, 0.25) is 10.3 Å². The number of carboxylic acid groups (broad SMARTS) is 1. The van der Waals surface area contributed by atoms with Crippen molar-refractivity contribution in [3.63, 3.8) is 0 Å². The minimum Gasteiger partial charge on any atom is -0.476 e. The van der Waals surface area contributed by atoms with Gasteiger partial charge in [0.2, 0.25) is 0 Å². The van der Waals surface area contributed by atoms with E-state index in [2.05, 4.69) is 9.97 Å². The number of rotatable bonds is 1. The number of imidazole rings is 1. The van der Waals surface area contributed by atoms with Gasteiger partial charge in [-0.25, -0.2) is 14.8 Å². The molecule has 1 N–H and O–H groups in total. The number of carboxylic acids is 1. The van der Waals surface area contributed by atoms with Crippen LogP contribution in [0.25, 0.3) is 5.65 Å². The van der Waals surface area contributed by atoms with Crippen LogP contribution >= 0.6 is 23.2 Å². The highest BCUT2D eigenvalue weighted by atomic mass is 35.5. The van der Waals surface area contributed by atoms with Crippen LogP contribution in [-0.2, 0) is 0 Å². The summed E-state index contributed by atoms with van der Waals surface area (Å²) in [5.74, 6) is -1.17. The van der Waals surface area contributed by atoms with E-state index in [4.69, 9.17) is 28.3 Å². The third-order valence-corrected chi connectivity index (χ3v) is 2.11. The number of carbonyl (C=O) groups is 1. The van der Waals surface area contributed by atoms with E-state index >= 15 is 0 Å². The van der Waals surface area contributed by atoms with Crippen LogP contribution in [0.15, 0.2) is 12.4 Å². The Bertz CT molecular complexity index is 523. The largest absolute Gasteiger partial charge is 0.476 e. The predicted molar refractivity (Wildman–Crippen MR) is 50.0 cm³/mol. The Balaban J connectivity index is 2.85. The molecule has 2 rings (SSSR count). The summed E-state index contributed by atoms with van der Waals surface area (Å²) in [5.41, 5.74) is -0.0376. The molecule has 2 heterocycles. The summed E-state index contributed by atoms with van der Waals surface area (Å²) in [4.78, 5) is 18.2. The SMILES string of the molecule is O=C(O)c1ncn2c(Cl)cc(Cl)nc12. The average molecular weight is 232 g/mol. The van der Waals surface area contributed by atoms with Crippen LogP contribution < -0.4 is 0 Å². The highest BCUT2D eigenvalue weighted by Gasteiger charge is 2.15. The minimum absolute atomic E-state index is 0.130. The van der Waals surface area contributed by atoms with Gasteiger partial charge >= 0.3 is 5.97 Å². The molecular weight excluding hydrogens is 229 g/mol. The van der Waals surface area contributed by atoms with Gasteiger partial charge in [0, 0.05) is 6.07 Å². The first kappa shape index (κ1) is 9.23. The first-order valence-electron chi connectivity index (χ1n) is 3.52. The molecule has 0 aliphatic heterocycles. The number of aromatic nitrogens is 3. The van der Waals surface area contributed by atoms with Crippen LogP contribution in [0.3, 0.4) is 0 Å². The van der Waals surface area contributed by atoms with E-state index in [1.165, 1.54) is 16.8 Å². The zero-order valence-corrected chi connectivity index (χ0v) is 8.12. The summed E-state index contributed by atoms with van der Waals surface area (Å²) >= 11 is 11.4.